The normalized spacial score (nSPS) is 20.8. The maximum absolute atomic E-state index is 13.7. The molecule has 10 heteroatoms. The fourth-order valence-electron chi connectivity index (χ4n) is 4.80. The third-order valence-electron chi connectivity index (χ3n) is 6.82. The molecule has 2 aliphatic rings. The second-order valence-electron chi connectivity index (χ2n) is 9.17. The minimum absolute atomic E-state index is 0.0930. The van der Waals surface area contributed by atoms with Gasteiger partial charge in [0.2, 0.25) is 0 Å². The number of aliphatic hydroxyl groups is 1. The lowest BCUT2D eigenvalue weighted by Crippen LogP contribution is -2.59. The number of ether oxygens (including phenoxy) is 2. The zero-order chi connectivity index (χ0) is 25.6. The van der Waals surface area contributed by atoms with Crippen molar-refractivity contribution < 1.29 is 24.2 Å². The molecule has 0 saturated carbocycles. The zero-order valence-electron chi connectivity index (χ0n) is 19.6. The van der Waals surface area contributed by atoms with Crippen LogP contribution < -0.4 is 15.4 Å². The van der Waals surface area contributed by atoms with E-state index in [9.17, 15) is 14.7 Å². The summed E-state index contributed by atoms with van der Waals surface area (Å²) in [5.74, 6) is 0.630. The van der Waals surface area contributed by atoms with Gasteiger partial charge in [-0.15, -0.1) is 0 Å². The van der Waals surface area contributed by atoms with Crippen LogP contribution in [0.5, 0.6) is 11.5 Å². The van der Waals surface area contributed by atoms with Crippen molar-refractivity contribution in [2.75, 3.05) is 23.8 Å². The molecular formula is C27H23ClN4O5. The van der Waals surface area contributed by atoms with Crippen LogP contribution in [0.25, 0.3) is 11.0 Å². The number of nitrogens with one attached hydrogen (secondary N) is 3. The van der Waals surface area contributed by atoms with Crippen LogP contribution in [-0.2, 0) is 9.53 Å². The number of aliphatic hydroxyl groups excluding tert-OH is 1. The summed E-state index contributed by atoms with van der Waals surface area (Å²) >= 11 is 6.53. The molecular weight excluding hydrogens is 496 g/mol. The molecule has 0 radical (unpaired) electrons. The van der Waals surface area contributed by atoms with E-state index in [0.29, 0.717) is 57.9 Å². The zero-order valence-corrected chi connectivity index (χ0v) is 20.3. The Labute approximate surface area is 216 Å². The van der Waals surface area contributed by atoms with Gasteiger partial charge in [-0.2, -0.15) is 0 Å². The van der Waals surface area contributed by atoms with Crippen LogP contribution in [0.4, 0.5) is 11.4 Å². The first-order chi connectivity index (χ1) is 18.0. The van der Waals surface area contributed by atoms with Crippen molar-refractivity contribution in [1.29, 1.82) is 0 Å². The van der Waals surface area contributed by atoms with E-state index < -0.39 is 5.54 Å². The maximum atomic E-state index is 13.7. The number of hydrogen-bond donors (Lipinski definition) is 4. The number of benzene rings is 2. The van der Waals surface area contributed by atoms with Gasteiger partial charge < -0.3 is 30.2 Å². The second kappa shape index (κ2) is 9.19. The number of carbonyl (C=O) groups excluding carboxylic acids is 2. The summed E-state index contributed by atoms with van der Waals surface area (Å²) in [5, 5.41) is 16.5. The number of para-hydroxylation sites is 1. The molecule has 2 aromatic heterocycles. The van der Waals surface area contributed by atoms with Gasteiger partial charge in [-0.25, -0.2) is 4.98 Å². The Morgan fingerprint density at radius 1 is 1.19 bits per heavy atom. The van der Waals surface area contributed by atoms with Gasteiger partial charge in [0.25, 0.3) is 5.91 Å². The number of amides is 1. The molecule has 1 fully saturated rings. The largest absolute Gasteiger partial charge is 0.457 e. The van der Waals surface area contributed by atoms with Crippen molar-refractivity contribution in [3.8, 4) is 11.5 Å². The molecule has 1 spiro atoms. The number of fused-ring (bicyclic) bond motifs is 3. The van der Waals surface area contributed by atoms with E-state index in [1.54, 1.807) is 30.6 Å². The lowest BCUT2D eigenvalue weighted by Gasteiger charge is -2.42. The molecule has 4 aromatic rings. The molecule has 9 nitrogen and oxygen atoms in total. The Kier molecular flexibility index (Phi) is 5.83. The summed E-state index contributed by atoms with van der Waals surface area (Å²) in [6, 6.07) is 14.2. The summed E-state index contributed by atoms with van der Waals surface area (Å²) in [7, 11) is 0. The van der Waals surface area contributed by atoms with Crippen molar-refractivity contribution in [3.63, 3.8) is 0 Å². The van der Waals surface area contributed by atoms with E-state index in [0.717, 1.165) is 0 Å². The van der Waals surface area contributed by atoms with E-state index in [1.165, 1.54) is 0 Å². The van der Waals surface area contributed by atoms with Gasteiger partial charge in [0, 0.05) is 17.8 Å². The summed E-state index contributed by atoms with van der Waals surface area (Å²) in [6.07, 6.45) is 3.82. The Balaban J connectivity index is 1.35. The van der Waals surface area contributed by atoms with Gasteiger partial charge in [0.1, 0.15) is 22.7 Å². The highest BCUT2D eigenvalue weighted by atomic mass is 35.5. The fraction of sp³-hybridized carbons (Fsp3) is 0.222. The minimum atomic E-state index is -1.02. The third-order valence-corrected chi connectivity index (χ3v) is 7.13. The van der Waals surface area contributed by atoms with Crippen LogP contribution in [0.15, 0.2) is 60.9 Å². The predicted molar refractivity (Wildman–Crippen MR) is 139 cm³/mol. The van der Waals surface area contributed by atoms with E-state index >= 15 is 0 Å². The van der Waals surface area contributed by atoms with Crippen LogP contribution in [0.2, 0.25) is 5.02 Å². The fourth-order valence-corrected chi connectivity index (χ4v) is 5.05. The standard InChI is InChI=1S/C27H23ClN4O5/c28-20-10-16(37-15-4-2-1-3-5-15)6-7-18(20)24(34)19-11-29-25-22(19)23-21(12-30-25)31-26(35)27(32-23)9-8-17(13-33)36-14-27/h1-7,10-12,17,32-33H,8-9,13-14H2,(H,29,30)(H,31,35)/t17-,27-/m0/s1. The summed E-state index contributed by atoms with van der Waals surface area (Å²) in [4.78, 5) is 34.1. The number of aromatic nitrogens is 2. The quantitative estimate of drug-likeness (QED) is 0.286. The van der Waals surface area contributed by atoms with Gasteiger partial charge in [-0.05, 0) is 37.1 Å². The number of hydrogen-bond acceptors (Lipinski definition) is 7. The Bertz CT molecular complexity index is 1510. The van der Waals surface area contributed by atoms with Gasteiger partial charge in [-0.1, -0.05) is 29.8 Å². The molecule has 188 valence electrons. The van der Waals surface area contributed by atoms with Gasteiger partial charge in [0.05, 0.1) is 52.9 Å². The van der Waals surface area contributed by atoms with Crippen LogP contribution >= 0.6 is 11.6 Å². The van der Waals surface area contributed by atoms with Crippen LogP contribution in [0, 0.1) is 0 Å². The van der Waals surface area contributed by atoms with E-state index in [2.05, 4.69) is 20.6 Å². The smallest absolute Gasteiger partial charge is 0.252 e. The van der Waals surface area contributed by atoms with Crippen LogP contribution in [0.3, 0.4) is 0 Å². The number of ketones is 1. The molecule has 4 heterocycles. The number of H-pyrrole nitrogens is 1. The van der Waals surface area contributed by atoms with E-state index in [4.69, 9.17) is 21.1 Å². The molecule has 4 N–H and O–H groups in total. The van der Waals surface area contributed by atoms with Gasteiger partial charge in [-0.3, -0.25) is 9.59 Å². The van der Waals surface area contributed by atoms with Crippen molar-refractivity contribution in [2.24, 2.45) is 0 Å². The number of aromatic amines is 1. The number of halogens is 1. The SMILES string of the molecule is O=C(c1ccc(Oc2ccccc2)cc1Cl)c1c[nH]c2ncc3c(c12)N[C@]1(CC[C@@H](CO)OC1)C(=O)N3. The molecule has 6 rings (SSSR count). The number of pyridine rings is 1. The van der Waals surface area contributed by atoms with Gasteiger partial charge >= 0.3 is 0 Å². The first-order valence-electron chi connectivity index (χ1n) is 11.9. The van der Waals surface area contributed by atoms with Crippen molar-refractivity contribution >= 4 is 45.7 Å². The highest BCUT2D eigenvalue weighted by Crippen LogP contribution is 2.41. The third kappa shape index (κ3) is 4.11. The number of rotatable bonds is 5. The highest BCUT2D eigenvalue weighted by molar-refractivity contribution is 6.36. The van der Waals surface area contributed by atoms with E-state index in [-0.39, 0.29) is 36.0 Å². The number of nitrogens with zero attached hydrogens (tertiary/aromatic N) is 1. The van der Waals surface area contributed by atoms with E-state index in [1.807, 2.05) is 30.3 Å². The topological polar surface area (TPSA) is 126 Å². The van der Waals surface area contributed by atoms with Crippen LogP contribution in [0.1, 0.15) is 28.8 Å². The maximum Gasteiger partial charge on any atom is 0.252 e. The minimum Gasteiger partial charge on any atom is -0.457 e. The predicted octanol–water partition coefficient (Wildman–Crippen LogP) is 4.51. The number of carbonyl (C=O) groups is 2. The first kappa shape index (κ1) is 23.5. The summed E-state index contributed by atoms with van der Waals surface area (Å²) in [6.45, 7) is -0.00935. The average Bonchev–Trinajstić information content (AvgIpc) is 3.35. The summed E-state index contributed by atoms with van der Waals surface area (Å²) < 4.78 is 11.6. The molecule has 1 amide bonds. The molecule has 0 bridgehead atoms. The molecule has 0 unspecified atom stereocenters. The monoisotopic (exact) mass is 518 g/mol. The molecule has 2 aromatic carbocycles. The van der Waals surface area contributed by atoms with Crippen molar-refractivity contribution in [1.82, 2.24) is 9.97 Å². The Morgan fingerprint density at radius 2 is 2.03 bits per heavy atom. The first-order valence-corrected chi connectivity index (χ1v) is 12.2. The molecule has 2 atom stereocenters. The number of anilines is 2. The van der Waals surface area contributed by atoms with Crippen molar-refractivity contribution in [2.45, 2.75) is 24.5 Å². The average molecular weight is 519 g/mol. The lowest BCUT2D eigenvalue weighted by molar-refractivity contribution is -0.128. The molecule has 1 saturated heterocycles. The molecule has 37 heavy (non-hydrogen) atoms. The second-order valence-corrected chi connectivity index (χ2v) is 9.58. The highest BCUT2D eigenvalue weighted by Gasteiger charge is 2.46. The van der Waals surface area contributed by atoms with Crippen molar-refractivity contribution in [3.05, 3.63) is 77.1 Å². The molecule has 0 aliphatic carbocycles. The Hall–Kier alpha value is -3.92. The van der Waals surface area contributed by atoms with Crippen LogP contribution in [-0.4, -0.2) is 51.6 Å². The Morgan fingerprint density at radius 3 is 2.76 bits per heavy atom. The van der Waals surface area contributed by atoms with Gasteiger partial charge in [0.15, 0.2) is 5.78 Å². The lowest BCUT2D eigenvalue weighted by atomic mass is 9.86. The summed E-state index contributed by atoms with van der Waals surface area (Å²) in [5.41, 5.74) is 1.20. The molecule has 2 aliphatic heterocycles.